The molecule has 0 saturated heterocycles. The smallest absolute Gasteiger partial charge is 0.354 e. The summed E-state index contributed by atoms with van der Waals surface area (Å²) < 4.78 is 5.78. The number of carboxylic acid groups (broad SMARTS) is 1. The van der Waals surface area contributed by atoms with Gasteiger partial charge in [0.1, 0.15) is 11.5 Å². The van der Waals surface area contributed by atoms with Crippen LogP contribution in [0.25, 0.3) is 10.9 Å². The van der Waals surface area contributed by atoms with Crippen molar-refractivity contribution in [2.75, 3.05) is 11.9 Å². The summed E-state index contributed by atoms with van der Waals surface area (Å²) in [5.41, 5.74) is 1.92. The van der Waals surface area contributed by atoms with Crippen LogP contribution in [-0.2, 0) is 6.42 Å². The minimum Gasteiger partial charge on any atom is -0.507 e. The minimum atomic E-state index is -1.27. The molecule has 34 heavy (non-hydrogen) atoms. The second-order valence-electron chi connectivity index (χ2n) is 7.80. The first-order valence-corrected chi connectivity index (χ1v) is 11.0. The Morgan fingerprint density at radius 2 is 1.68 bits per heavy atom. The summed E-state index contributed by atoms with van der Waals surface area (Å²) in [5.74, 6) is -1.19. The summed E-state index contributed by atoms with van der Waals surface area (Å²) in [6.45, 7) is 0.593. The number of nitrogens with zero attached hydrogens (tertiary/aromatic N) is 1. The van der Waals surface area contributed by atoms with Gasteiger partial charge in [-0.2, -0.15) is 0 Å². The summed E-state index contributed by atoms with van der Waals surface area (Å²) >= 11 is 0. The number of fused-ring (bicyclic) bond motifs is 1. The third-order valence-electron chi connectivity index (χ3n) is 5.37. The molecule has 0 atom stereocenters. The van der Waals surface area contributed by atoms with Crippen molar-refractivity contribution in [1.82, 2.24) is 4.98 Å². The summed E-state index contributed by atoms with van der Waals surface area (Å²) in [5, 5.41) is 22.4. The number of carboxylic acids is 1. The topological polar surface area (TPSA) is 109 Å². The third-order valence-corrected chi connectivity index (χ3v) is 5.37. The van der Waals surface area contributed by atoms with Gasteiger partial charge in [-0.1, -0.05) is 36.4 Å². The van der Waals surface area contributed by atoms with Gasteiger partial charge in [0, 0.05) is 17.0 Å². The van der Waals surface area contributed by atoms with Gasteiger partial charge in [-0.3, -0.25) is 4.79 Å². The van der Waals surface area contributed by atoms with Gasteiger partial charge in [0.15, 0.2) is 5.69 Å². The second-order valence-corrected chi connectivity index (χ2v) is 7.80. The Balaban J connectivity index is 1.36. The van der Waals surface area contributed by atoms with E-state index in [1.807, 2.05) is 18.2 Å². The monoisotopic (exact) mass is 456 g/mol. The van der Waals surface area contributed by atoms with Crippen molar-refractivity contribution in [2.24, 2.45) is 0 Å². The van der Waals surface area contributed by atoms with E-state index >= 15 is 0 Å². The third kappa shape index (κ3) is 5.50. The lowest BCUT2D eigenvalue weighted by Gasteiger charge is -2.11. The standard InChI is InChI=1S/C27H24N2O5/c30-24-17-23(27(32)33)28-25-21(24)10-6-11-22(25)29-26(31)19-12-14-20(15-13-19)34-16-5-4-9-18-7-2-1-3-8-18/h1-3,6-8,10-15,17H,4-5,9,16H2,(H,28,30)(H,29,31)(H,32,33). The molecular formula is C27H24N2O5. The fourth-order valence-electron chi connectivity index (χ4n) is 3.60. The number of hydrogen-bond donors (Lipinski definition) is 3. The molecule has 0 aliphatic heterocycles. The predicted molar refractivity (Wildman–Crippen MR) is 130 cm³/mol. The van der Waals surface area contributed by atoms with Crippen molar-refractivity contribution in [3.8, 4) is 11.5 Å². The molecule has 0 aliphatic rings. The van der Waals surface area contributed by atoms with Crippen LogP contribution in [0.4, 0.5) is 5.69 Å². The number of carbonyl (C=O) groups excluding carboxylic acids is 1. The molecule has 0 radical (unpaired) electrons. The van der Waals surface area contributed by atoms with Crippen LogP contribution in [-0.4, -0.2) is 33.7 Å². The fourth-order valence-corrected chi connectivity index (χ4v) is 3.60. The van der Waals surface area contributed by atoms with E-state index in [4.69, 9.17) is 4.74 Å². The first kappa shape index (κ1) is 22.8. The maximum atomic E-state index is 12.7. The van der Waals surface area contributed by atoms with Gasteiger partial charge in [-0.05, 0) is 61.2 Å². The fraction of sp³-hybridized carbons (Fsp3) is 0.148. The Morgan fingerprint density at radius 3 is 2.41 bits per heavy atom. The van der Waals surface area contributed by atoms with E-state index < -0.39 is 5.97 Å². The van der Waals surface area contributed by atoms with Crippen molar-refractivity contribution in [1.29, 1.82) is 0 Å². The number of unbranched alkanes of at least 4 members (excludes halogenated alkanes) is 1. The zero-order valence-electron chi connectivity index (χ0n) is 18.4. The molecule has 7 heteroatoms. The van der Waals surface area contributed by atoms with Crippen LogP contribution in [0.3, 0.4) is 0 Å². The van der Waals surface area contributed by atoms with Crippen LogP contribution in [0.2, 0.25) is 0 Å². The van der Waals surface area contributed by atoms with Crippen LogP contribution in [0.1, 0.15) is 39.3 Å². The Kier molecular flexibility index (Phi) is 7.03. The number of amides is 1. The molecule has 172 valence electrons. The highest BCUT2D eigenvalue weighted by Crippen LogP contribution is 2.30. The number of rotatable bonds is 9. The number of hydrogen-bond acceptors (Lipinski definition) is 5. The van der Waals surface area contributed by atoms with E-state index in [2.05, 4.69) is 22.4 Å². The number of aromatic nitrogens is 1. The number of aryl methyl sites for hydroxylation is 1. The van der Waals surface area contributed by atoms with Crippen LogP contribution in [0, 0.1) is 0 Å². The predicted octanol–water partition coefficient (Wildman–Crippen LogP) is 5.29. The van der Waals surface area contributed by atoms with Gasteiger partial charge in [-0.15, -0.1) is 0 Å². The molecule has 3 N–H and O–H groups in total. The van der Waals surface area contributed by atoms with E-state index in [1.165, 1.54) is 5.56 Å². The van der Waals surface area contributed by atoms with E-state index in [1.54, 1.807) is 42.5 Å². The van der Waals surface area contributed by atoms with Crippen molar-refractivity contribution in [3.05, 3.63) is 95.7 Å². The molecule has 0 unspecified atom stereocenters. The summed E-state index contributed by atoms with van der Waals surface area (Å²) in [6.07, 6.45) is 2.97. The quantitative estimate of drug-likeness (QED) is 0.295. The molecule has 0 bridgehead atoms. The van der Waals surface area contributed by atoms with Crippen LogP contribution in [0.5, 0.6) is 11.5 Å². The maximum Gasteiger partial charge on any atom is 0.354 e. The van der Waals surface area contributed by atoms with Crippen molar-refractivity contribution in [2.45, 2.75) is 19.3 Å². The first-order chi connectivity index (χ1) is 16.5. The summed E-state index contributed by atoms with van der Waals surface area (Å²) in [6, 6.07) is 23.1. The highest BCUT2D eigenvalue weighted by molar-refractivity contribution is 6.09. The zero-order chi connectivity index (χ0) is 23.9. The number of ether oxygens (including phenoxy) is 1. The molecule has 1 heterocycles. The summed E-state index contributed by atoms with van der Waals surface area (Å²) in [7, 11) is 0. The Bertz CT molecular complexity index is 1300. The van der Waals surface area contributed by atoms with Crippen molar-refractivity contribution >= 4 is 28.5 Å². The number of carbonyl (C=O) groups is 2. The van der Waals surface area contributed by atoms with Crippen LogP contribution in [0.15, 0.2) is 78.9 Å². The molecule has 0 aliphatic carbocycles. The van der Waals surface area contributed by atoms with Crippen LogP contribution < -0.4 is 10.1 Å². The summed E-state index contributed by atoms with van der Waals surface area (Å²) in [4.78, 5) is 28.1. The SMILES string of the molecule is O=C(Nc1cccc2c(O)cc(C(=O)O)nc12)c1ccc(OCCCCc2ccccc2)cc1. The van der Waals surface area contributed by atoms with E-state index in [0.717, 1.165) is 25.3 Å². The largest absolute Gasteiger partial charge is 0.507 e. The highest BCUT2D eigenvalue weighted by Gasteiger charge is 2.15. The number of aromatic hydroxyl groups is 1. The Morgan fingerprint density at radius 1 is 0.912 bits per heavy atom. The molecular weight excluding hydrogens is 432 g/mol. The lowest BCUT2D eigenvalue weighted by atomic mass is 10.1. The molecule has 0 fully saturated rings. The van der Waals surface area contributed by atoms with E-state index in [-0.39, 0.29) is 22.9 Å². The number of pyridine rings is 1. The van der Waals surface area contributed by atoms with Crippen LogP contribution >= 0.6 is 0 Å². The van der Waals surface area contributed by atoms with Crippen molar-refractivity contribution < 1.29 is 24.5 Å². The lowest BCUT2D eigenvalue weighted by molar-refractivity contribution is 0.0690. The molecule has 4 rings (SSSR count). The van der Waals surface area contributed by atoms with Gasteiger partial charge in [0.2, 0.25) is 0 Å². The number of anilines is 1. The van der Waals surface area contributed by atoms with Crippen molar-refractivity contribution in [3.63, 3.8) is 0 Å². The number of aromatic carboxylic acids is 1. The average molecular weight is 456 g/mol. The lowest BCUT2D eigenvalue weighted by Crippen LogP contribution is -2.13. The van der Waals surface area contributed by atoms with Gasteiger partial charge in [0.25, 0.3) is 5.91 Å². The molecule has 0 saturated carbocycles. The maximum absolute atomic E-state index is 12.7. The highest BCUT2D eigenvalue weighted by atomic mass is 16.5. The Hall–Kier alpha value is -4.39. The molecule has 1 aromatic heterocycles. The Labute approximate surface area is 196 Å². The van der Waals surface area contributed by atoms with E-state index in [9.17, 15) is 19.8 Å². The van der Waals surface area contributed by atoms with Gasteiger partial charge in [-0.25, -0.2) is 9.78 Å². The molecule has 4 aromatic rings. The number of benzene rings is 3. The second kappa shape index (κ2) is 10.5. The van der Waals surface area contributed by atoms with E-state index in [0.29, 0.717) is 29.0 Å². The normalized spacial score (nSPS) is 10.7. The molecule has 7 nitrogen and oxygen atoms in total. The molecule has 1 amide bonds. The van der Waals surface area contributed by atoms with Gasteiger partial charge in [0.05, 0.1) is 17.8 Å². The zero-order valence-corrected chi connectivity index (χ0v) is 18.4. The molecule has 3 aromatic carbocycles. The number of nitrogens with one attached hydrogen (secondary N) is 1. The molecule has 0 spiro atoms. The minimum absolute atomic E-state index is 0.198. The number of para-hydroxylation sites is 1. The van der Waals surface area contributed by atoms with Gasteiger partial charge >= 0.3 is 5.97 Å². The average Bonchev–Trinajstić information content (AvgIpc) is 2.85. The van der Waals surface area contributed by atoms with Gasteiger partial charge < -0.3 is 20.3 Å². The first-order valence-electron chi connectivity index (χ1n) is 11.0.